The lowest BCUT2D eigenvalue weighted by atomic mass is 9.78. The number of carbonyl (C=O) groups is 1. The van der Waals surface area contributed by atoms with Crippen LogP contribution >= 0.6 is 0 Å². The summed E-state index contributed by atoms with van der Waals surface area (Å²) in [6, 6.07) is 3.60. The summed E-state index contributed by atoms with van der Waals surface area (Å²) in [7, 11) is 0. The number of benzene rings is 1. The maximum atomic E-state index is 13.3. The summed E-state index contributed by atoms with van der Waals surface area (Å²) in [4.78, 5) is 13.3. The van der Waals surface area contributed by atoms with E-state index in [-0.39, 0.29) is 41.1 Å². The molecule has 0 aliphatic heterocycles. The molecule has 3 N–H and O–H groups in total. The molecule has 0 aliphatic rings. The van der Waals surface area contributed by atoms with Crippen LogP contribution in [0.4, 0.5) is 0 Å². The van der Waals surface area contributed by atoms with Crippen LogP contribution in [0.1, 0.15) is 88.5 Å². The van der Waals surface area contributed by atoms with Crippen molar-refractivity contribution in [3.05, 3.63) is 46.3 Å². The number of carbonyl (C=O) groups excluding carboxylic acids is 1. The second-order valence-corrected chi connectivity index (χ2v) is 10.4. The number of rotatable bonds is 8. The zero-order valence-electron chi connectivity index (χ0n) is 20.2. The topological polar surface area (TPSA) is 91.2 Å². The fourth-order valence-corrected chi connectivity index (χ4v) is 3.84. The summed E-state index contributed by atoms with van der Waals surface area (Å²) < 4.78 is 3.57. The highest BCUT2D eigenvalue weighted by atomic mass is 16.3. The molecular formula is C25H39N3O3. The predicted octanol–water partition coefficient (Wildman–Crippen LogP) is 4.29. The quantitative estimate of drug-likeness (QED) is 0.547. The molecule has 0 amide bonds. The van der Waals surface area contributed by atoms with Gasteiger partial charge < -0.3 is 19.3 Å². The van der Waals surface area contributed by atoms with E-state index in [1.165, 1.54) is 0 Å². The van der Waals surface area contributed by atoms with Crippen LogP contribution in [0.3, 0.4) is 0 Å². The standard InChI is InChI=1S/C25H39N3O3/c1-8-10-18-15-27(23(26)28(18)11-9-12-29)16-21(30)17-13-19(24(2,3)4)22(31)20(14-17)25(5,6)7/h13-15,26,29,31H,8-12,16H2,1-7H3. The Labute approximate surface area is 186 Å². The Bertz CT molecular complexity index is 950. The van der Waals surface area contributed by atoms with Crippen LogP contribution in [-0.2, 0) is 30.3 Å². The zero-order chi connectivity index (χ0) is 23.6. The van der Waals surface area contributed by atoms with Crippen molar-refractivity contribution >= 4 is 5.78 Å². The number of phenolic OH excluding ortho intramolecular Hbond substituents is 1. The van der Waals surface area contributed by atoms with E-state index in [1.807, 2.05) is 52.3 Å². The molecule has 0 saturated carbocycles. The van der Waals surface area contributed by atoms with E-state index in [4.69, 9.17) is 5.41 Å². The van der Waals surface area contributed by atoms with Crippen molar-refractivity contribution in [1.29, 1.82) is 5.41 Å². The first-order chi connectivity index (χ1) is 14.3. The minimum Gasteiger partial charge on any atom is -0.507 e. The molecule has 2 rings (SSSR count). The average Bonchev–Trinajstić information content (AvgIpc) is 2.93. The Hall–Kier alpha value is -2.34. The molecular weight excluding hydrogens is 390 g/mol. The van der Waals surface area contributed by atoms with Crippen molar-refractivity contribution in [3.63, 3.8) is 0 Å². The van der Waals surface area contributed by atoms with Gasteiger partial charge in [0.15, 0.2) is 5.78 Å². The number of ketones is 1. The summed E-state index contributed by atoms with van der Waals surface area (Å²) in [5.74, 6) is 0.169. The predicted molar refractivity (Wildman–Crippen MR) is 124 cm³/mol. The Morgan fingerprint density at radius 1 is 1.06 bits per heavy atom. The number of hydrogen-bond donors (Lipinski definition) is 3. The summed E-state index contributed by atoms with van der Waals surface area (Å²) in [6.07, 6.45) is 4.22. The van der Waals surface area contributed by atoms with Gasteiger partial charge in [0.25, 0.3) is 0 Å². The molecule has 1 aromatic heterocycles. The lowest BCUT2D eigenvalue weighted by Gasteiger charge is -2.28. The highest BCUT2D eigenvalue weighted by Crippen LogP contribution is 2.39. The molecule has 31 heavy (non-hydrogen) atoms. The van der Waals surface area contributed by atoms with Crippen LogP contribution in [0.5, 0.6) is 5.75 Å². The van der Waals surface area contributed by atoms with Crippen LogP contribution in [0.25, 0.3) is 0 Å². The average molecular weight is 430 g/mol. The van der Waals surface area contributed by atoms with Gasteiger partial charge in [-0.15, -0.1) is 0 Å². The minimum atomic E-state index is -0.310. The zero-order valence-corrected chi connectivity index (χ0v) is 20.2. The molecule has 0 spiro atoms. The second-order valence-electron chi connectivity index (χ2n) is 10.4. The molecule has 0 fully saturated rings. The van der Waals surface area contributed by atoms with Gasteiger partial charge in [0.2, 0.25) is 5.62 Å². The molecule has 0 bridgehead atoms. The highest BCUT2D eigenvalue weighted by molar-refractivity contribution is 5.96. The Balaban J connectivity index is 2.50. The molecule has 2 aromatic rings. The Morgan fingerprint density at radius 3 is 2.06 bits per heavy atom. The number of imidazole rings is 1. The van der Waals surface area contributed by atoms with E-state index in [2.05, 4.69) is 6.92 Å². The van der Waals surface area contributed by atoms with E-state index >= 15 is 0 Å². The molecule has 1 heterocycles. The maximum Gasteiger partial charge on any atom is 0.202 e. The van der Waals surface area contributed by atoms with Crippen molar-refractivity contribution in [3.8, 4) is 5.75 Å². The van der Waals surface area contributed by atoms with Gasteiger partial charge in [-0.25, -0.2) is 0 Å². The van der Waals surface area contributed by atoms with Crippen LogP contribution in [0.15, 0.2) is 18.3 Å². The molecule has 6 nitrogen and oxygen atoms in total. The van der Waals surface area contributed by atoms with Gasteiger partial charge in [-0.3, -0.25) is 10.2 Å². The maximum absolute atomic E-state index is 13.3. The number of aromatic hydroxyl groups is 1. The van der Waals surface area contributed by atoms with Crippen molar-refractivity contribution < 1.29 is 15.0 Å². The number of aliphatic hydroxyl groups is 1. The van der Waals surface area contributed by atoms with E-state index in [9.17, 15) is 15.0 Å². The fraction of sp³-hybridized carbons (Fsp3) is 0.600. The first-order valence-corrected chi connectivity index (χ1v) is 11.2. The van der Waals surface area contributed by atoms with E-state index < -0.39 is 0 Å². The van der Waals surface area contributed by atoms with Crippen LogP contribution < -0.4 is 5.62 Å². The largest absolute Gasteiger partial charge is 0.507 e. The number of aliphatic hydroxyl groups excluding tert-OH is 1. The van der Waals surface area contributed by atoms with Crippen LogP contribution in [0, 0.1) is 5.41 Å². The summed E-state index contributed by atoms with van der Waals surface area (Å²) in [6.45, 7) is 14.9. The van der Waals surface area contributed by atoms with Gasteiger partial charge in [-0.05, 0) is 35.8 Å². The number of aromatic nitrogens is 2. The van der Waals surface area contributed by atoms with Crippen LogP contribution in [0.2, 0.25) is 0 Å². The van der Waals surface area contributed by atoms with Gasteiger partial charge in [0.05, 0.1) is 6.54 Å². The summed E-state index contributed by atoms with van der Waals surface area (Å²) in [5.41, 5.74) is 2.73. The molecule has 172 valence electrons. The van der Waals surface area contributed by atoms with Gasteiger partial charge >= 0.3 is 0 Å². The summed E-state index contributed by atoms with van der Waals surface area (Å²) >= 11 is 0. The van der Waals surface area contributed by atoms with Gasteiger partial charge in [0.1, 0.15) is 5.75 Å². The lowest BCUT2D eigenvalue weighted by Crippen LogP contribution is -2.28. The third kappa shape index (κ3) is 5.67. The van der Waals surface area contributed by atoms with Crippen molar-refractivity contribution in [2.24, 2.45) is 0 Å². The number of hydrogen-bond acceptors (Lipinski definition) is 4. The molecule has 1 aromatic carbocycles. The Kier molecular flexibility index (Phi) is 7.58. The molecule has 6 heteroatoms. The Morgan fingerprint density at radius 2 is 1.61 bits per heavy atom. The highest BCUT2D eigenvalue weighted by Gasteiger charge is 2.28. The number of phenols is 1. The number of nitrogens with one attached hydrogen (secondary N) is 1. The third-order valence-corrected chi connectivity index (χ3v) is 5.59. The molecule has 0 aliphatic carbocycles. The van der Waals surface area contributed by atoms with Crippen molar-refractivity contribution in [1.82, 2.24) is 9.13 Å². The monoisotopic (exact) mass is 429 g/mol. The number of Topliss-reactive ketones (excluding diaryl/α,β-unsaturated/α-hetero) is 1. The van der Waals surface area contributed by atoms with Gasteiger partial charge in [-0.2, -0.15) is 0 Å². The fourth-order valence-electron chi connectivity index (χ4n) is 3.84. The van der Waals surface area contributed by atoms with Crippen molar-refractivity contribution in [2.45, 2.75) is 91.6 Å². The van der Waals surface area contributed by atoms with Crippen LogP contribution in [-0.4, -0.2) is 31.7 Å². The van der Waals surface area contributed by atoms with E-state index in [0.29, 0.717) is 18.5 Å². The number of aryl methyl sites for hydroxylation is 1. The third-order valence-electron chi connectivity index (χ3n) is 5.59. The smallest absolute Gasteiger partial charge is 0.202 e. The molecule has 0 unspecified atom stereocenters. The van der Waals surface area contributed by atoms with Gasteiger partial charge in [-0.1, -0.05) is 54.9 Å². The lowest BCUT2D eigenvalue weighted by molar-refractivity contribution is 0.0969. The molecule has 0 saturated heterocycles. The second kappa shape index (κ2) is 9.43. The minimum absolute atomic E-state index is 0.0691. The first kappa shape index (κ1) is 24.9. The molecule has 0 atom stereocenters. The SMILES string of the molecule is CCCc1cn(CC(=O)c2cc(C(C)(C)C)c(O)c(C(C)(C)C)c2)c(=N)n1CCCO. The number of nitrogens with zero attached hydrogens (tertiary/aromatic N) is 2. The first-order valence-electron chi connectivity index (χ1n) is 11.2. The van der Waals surface area contributed by atoms with Gasteiger partial charge in [0, 0.05) is 41.7 Å². The van der Waals surface area contributed by atoms with Crippen molar-refractivity contribution in [2.75, 3.05) is 6.61 Å². The van der Waals surface area contributed by atoms with E-state index in [1.54, 1.807) is 16.7 Å². The normalized spacial score (nSPS) is 12.4. The van der Waals surface area contributed by atoms with E-state index in [0.717, 1.165) is 29.7 Å². The molecule has 0 radical (unpaired) electrons. The summed E-state index contributed by atoms with van der Waals surface area (Å²) in [5, 5.41) is 28.7.